The van der Waals surface area contributed by atoms with E-state index in [4.69, 9.17) is 14.6 Å². The van der Waals surface area contributed by atoms with Gasteiger partial charge in [-0.15, -0.1) is 0 Å². The number of aliphatic carboxylic acids is 1. The van der Waals surface area contributed by atoms with Crippen LogP contribution in [0.25, 0.3) is 0 Å². The van der Waals surface area contributed by atoms with E-state index >= 15 is 0 Å². The van der Waals surface area contributed by atoms with Crippen molar-refractivity contribution in [3.05, 3.63) is 0 Å². The largest absolute Gasteiger partial charge is 0.481 e. The van der Waals surface area contributed by atoms with E-state index in [0.29, 0.717) is 13.1 Å². The summed E-state index contributed by atoms with van der Waals surface area (Å²) in [4.78, 5) is 13.2. The SMILES string of the molecule is COC1(OC)CN(C2(CC(=O)O)CCCC2)C1. The minimum atomic E-state index is -0.709. The lowest BCUT2D eigenvalue weighted by Gasteiger charge is -2.55. The zero-order valence-electron chi connectivity index (χ0n) is 10.6. The van der Waals surface area contributed by atoms with Crippen LogP contribution in [0.4, 0.5) is 0 Å². The number of nitrogens with zero attached hydrogens (tertiary/aromatic N) is 1. The maximum atomic E-state index is 11.0. The van der Waals surface area contributed by atoms with Gasteiger partial charge in [0.1, 0.15) is 0 Å². The van der Waals surface area contributed by atoms with E-state index in [9.17, 15) is 4.79 Å². The number of methoxy groups -OCH3 is 2. The normalized spacial score (nSPS) is 26.7. The summed E-state index contributed by atoms with van der Waals surface area (Å²) in [7, 11) is 3.28. The molecule has 1 saturated heterocycles. The molecule has 1 aliphatic carbocycles. The van der Waals surface area contributed by atoms with Gasteiger partial charge in [-0.05, 0) is 12.8 Å². The average molecular weight is 243 g/mol. The van der Waals surface area contributed by atoms with Crippen molar-refractivity contribution in [1.29, 1.82) is 0 Å². The minimum absolute atomic E-state index is 0.160. The lowest BCUT2D eigenvalue weighted by Crippen LogP contribution is -2.70. The smallest absolute Gasteiger partial charge is 0.305 e. The van der Waals surface area contributed by atoms with Crippen LogP contribution >= 0.6 is 0 Å². The third kappa shape index (κ3) is 2.19. The van der Waals surface area contributed by atoms with Crippen LogP contribution in [0.15, 0.2) is 0 Å². The van der Waals surface area contributed by atoms with Crippen LogP contribution in [-0.2, 0) is 14.3 Å². The van der Waals surface area contributed by atoms with Crippen molar-refractivity contribution in [2.75, 3.05) is 27.3 Å². The Kier molecular flexibility index (Phi) is 3.43. The molecule has 1 saturated carbocycles. The van der Waals surface area contributed by atoms with Crippen molar-refractivity contribution in [3.63, 3.8) is 0 Å². The minimum Gasteiger partial charge on any atom is -0.481 e. The third-order valence-corrected chi connectivity index (χ3v) is 4.29. The Balaban J connectivity index is 2.03. The second kappa shape index (κ2) is 4.55. The Morgan fingerprint density at radius 1 is 1.24 bits per heavy atom. The first-order valence-corrected chi connectivity index (χ1v) is 6.13. The summed E-state index contributed by atoms with van der Waals surface area (Å²) in [5.41, 5.74) is -0.160. The van der Waals surface area contributed by atoms with Gasteiger partial charge < -0.3 is 14.6 Å². The maximum Gasteiger partial charge on any atom is 0.305 e. The molecular weight excluding hydrogens is 222 g/mol. The lowest BCUT2D eigenvalue weighted by atomic mass is 9.86. The number of carbonyl (C=O) groups is 1. The number of carboxylic acid groups (broad SMARTS) is 1. The van der Waals surface area contributed by atoms with Gasteiger partial charge in [0.15, 0.2) is 5.79 Å². The summed E-state index contributed by atoms with van der Waals surface area (Å²) in [6.45, 7) is 1.35. The molecule has 2 rings (SSSR count). The predicted octanol–water partition coefficient (Wildman–Crippen LogP) is 1.08. The molecule has 5 heteroatoms. The van der Waals surface area contributed by atoms with Gasteiger partial charge >= 0.3 is 5.97 Å². The summed E-state index contributed by atoms with van der Waals surface area (Å²) in [5, 5.41) is 9.06. The molecule has 0 unspecified atom stereocenters. The molecule has 5 nitrogen and oxygen atoms in total. The summed E-state index contributed by atoms with van der Waals surface area (Å²) < 4.78 is 10.7. The molecule has 0 radical (unpaired) electrons. The Morgan fingerprint density at radius 2 is 1.76 bits per heavy atom. The molecule has 98 valence electrons. The number of hydrogen-bond acceptors (Lipinski definition) is 4. The van der Waals surface area contributed by atoms with E-state index in [2.05, 4.69) is 4.90 Å². The van der Waals surface area contributed by atoms with Gasteiger partial charge in [-0.1, -0.05) is 12.8 Å². The second-order valence-electron chi connectivity index (χ2n) is 5.18. The van der Waals surface area contributed by atoms with Crippen LogP contribution in [0, 0.1) is 0 Å². The second-order valence-corrected chi connectivity index (χ2v) is 5.18. The van der Waals surface area contributed by atoms with Crippen molar-refractivity contribution in [1.82, 2.24) is 4.90 Å². The van der Waals surface area contributed by atoms with Crippen molar-refractivity contribution in [2.24, 2.45) is 0 Å². The first kappa shape index (κ1) is 12.8. The molecule has 2 aliphatic rings. The van der Waals surface area contributed by atoms with Gasteiger partial charge in [-0.2, -0.15) is 0 Å². The Hall–Kier alpha value is -0.650. The first-order chi connectivity index (χ1) is 8.06. The molecule has 1 N–H and O–H groups in total. The number of ether oxygens (including phenoxy) is 2. The zero-order valence-corrected chi connectivity index (χ0v) is 10.6. The Labute approximate surface area is 102 Å². The molecular formula is C12H21NO4. The van der Waals surface area contributed by atoms with Crippen molar-refractivity contribution in [2.45, 2.75) is 43.4 Å². The van der Waals surface area contributed by atoms with Gasteiger partial charge in [0.05, 0.1) is 19.5 Å². The number of carboxylic acids is 1. The standard InChI is InChI=1S/C12H21NO4/c1-16-12(17-2)8-13(9-12)11(7-10(14)15)5-3-4-6-11/h3-9H2,1-2H3,(H,14,15). The highest BCUT2D eigenvalue weighted by atomic mass is 16.7. The molecule has 2 fully saturated rings. The molecule has 1 aliphatic heterocycles. The number of likely N-dealkylation sites (tertiary alicyclic amines) is 1. The highest BCUT2D eigenvalue weighted by Gasteiger charge is 2.53. The van der Waals surface area contributed by atoms with Gasteiger partial charge in [-0.25, -0.2) is 0 Å². The average Bonchev–Trinajstić information content (AvgIpc) is 2.66. The van der Waals surface area contributed by atoms with Gasteiger partial charge in [0.25, 0.3) is 0 Å². The van der Waals surface area contributed by atoms with Crippen LogP contribution in [0.3, 0.4) is 0 Å². The Bertz CT molecular complexity index is 287. The molecule has 0 amide bonds. The fourth-order valence-corrected chi connectivity index (χ4v) is 3.13. The summed E-state index contributed by atoms with van der Waals surface area (Å²) in [5.74, 6) is -1.23. The fourth-order valence-electron chi connectivity index (χ4n) is 3.13. The molecule has 0 aromatic heterocycles. The third-order valence-electron chi connectivity index (χ3n) is 4.29. The molecule has 0 spiro atoms. The van der Waals surface area contributed by atoms with Crippen molar-refractivity contribution in [3.8, 4) is 0 Å². The molecule has 0 atom stereocenters. The van der Waals surface area contributed by atoms with Crippen LogP contribution in [0.5, 0.6) is 0 Å². The molecule has 0 bridgehead atoms. The van der Waals surface area contributed by atoms with Crippen LogP contribution in [0.1, 0.15) is 32.1 Å². The highest BCUT2D eigenvalue weighted by Crippen LogP contribution is 2.43. The summed E-state index contributed by atoms with van der Waals surface area (Å²) >= 11 is 0. The summed E-state index contributed by atoms with van der Waals surface area (Å²) in [6.07, 6.45) is 4.43. The maximum absolute atomic E-state index is 11.0. The molecule has 0 aromatic rings. The van der Waals surface area contributed by atoms with Gasteiger partial charge in [0.2, 0.25) is 0 Å². The van der Waals surface area contributed by atoms with Crippen LogP contribution in [-0.4, -0.2) is 54.6 Å². The van der Waals surface area contributed by atoms with E-state index in [1.807, 2.05) is 0 Å². The monoisotopic (exact) mass is 243 g/mol. The van der Waals surface area contributed by atoms with Crippen molar-refractivity contribution >= 4 is 5.97 Å². The van der Waals surface area contributed by atoms with E-state index in [1.165, 1.54) is 0 Å². The fraction of sp³-hybridized carbons (Fsp3) is 0.917. The van der Waals surface area contributed by atoms with E-state index in [0.717, 1.165) is 25.7 Å². The zero-order chi connectivity index (χ0) is 12.5. The quantitative estimate of drug-likeness (QED) is 0.732. The molecule has 0 aromatic carbocycles. The summed E-state index contributed by atoms with van der Waals surface area (Å²) in [6, 6.07) is 0. The first-order valence-electron chi connectivity index (χ1n) is 6.13. The topological polar surface area (TPSA) is 59.0 Å². The van der Waals surface area contributed by atoms with Crippen LogP contribution < -0.4 is 0 Å². The van der Waals surface area contributed by atoms with Gasteiger partial charge in [0, 0.05) is 19.8 Å². The van der Waals surface area contributed by atoms with E-state index < -0.39 is 11.8 Å². The predicted molar refractivity (Wildman–Crippen MR) is 61.8 cm³/mol. The van der Waals surface area contributed by atoms with Gasteiger partial charge in [-0.3, -0.25) is 9.69 Å². The van der Waals surface area contributed by atoms with E-state index in [-0.39, 0.29) is 12.0 Å². The molecule has 17 heavy (non-hydrogen) atoms. The van der Waals surface area contributed by atoms with Crippen molar-refractivity contribution < 1.29 is 19.4 Å². The number of rotatable bonds is 5. The highest BCUT2D eigenvalue weighted by molar-refractivity contribution is 5.68. The number of hydrogen-bond donors (Lipinski definition) is 1. The Morgan fingerprint density at radius 3 is 2.18 bits per heavy atom. The van der Waals surface area contributed by atoms with Crippen LogP contribution in [0.2, 0.25) is 0 Å². The molecule has 1 heterocycles. The van der Waals surface area contributed by atoms with E-state index in [1.54, 1.807) is 14.2 Å². The lowest BCUT2D eigenvalue weighted by molar-refractivity contribution is -0.292.